The number of esters is 1. The van der Waals surface area contributed by atoms with Crippen molar-refractivity contribution >= 4 is 5.97 Å². The highest BCUT2D eigenvalue weighted by molar-refractivity contribution is 5.71. The van der Waals surface area contributed by atoms with Crippen LogP contribution in [0, 0.1) is 0 Å². The molecule has 1 rings (SSSR count). The number of nitrogens with zero attached hydrogens (tertiary/aromatic N) is 2. The number of nitrogens with one attached hydrogen (secondary N) is 1. The van der Waals surface area contributed by atoms with E-state index in [1.807, 2.05) is 0 Å². The normalized spacial score (nSPS) is 10.1. The van der Waals surface area contributed by atoms with Crippen molar-refractivity contribution in [3.8, 4) is 0 Å². The monoisotopic (exact) mass is 199 g/mol. The van der Waals surface area contributed by atoms with Crippen molar-refractivity contribution in [1.82, 2.24) is 15.2 Å². The van der Waals surface area contributed by atoms with Crippen LogP contribution in [-0.2, 0) is 27.3 Å². The zero-order chi connectivity index (χ0) is 10.4. The molecule has 0 spiro atoms. The molecule has 0 bridgehead atoms. The first-order valence-electron chi connectivity index (χ1n) is 4.31. The Morgan fingerprint density at radius 1 is 1.57 bits per heavy atom. The van der Waals surface area contributed by atoms with Gasteiger partial charge in [-0.15, -0.1) is 0 Å². The van der Waals surface area contributed by atoms with E-state index in [0.717, 1.165) is 0 Å². The van der Waals surface area contributed by atoms with E-state index in [2.05, 4.69) is 15.2 Å². The van der Waals surface area contributed by atoms with Crippen molar-refractivity contribution in [3.05, 3.63) is 11.6 Å². The molecule has 0 aromatic carbocycles. The van der Waals surface area contributed by atoms with Crippen LogP contribution in [0.3, 0.4) is 0 Å². The molecule has 0 unspecified atom stereocenters. The highest BCUT2D eigenvalue weighted by Crippen LogP contribution is 1.96. The minimum atomic E-state index is -0.312. The minimum absolute atomic E-state index is 0.116. The maximum Gasteiger partial charge on any atom is 0.313 e. The summed E-state index contributed by atoms with van der Waals surface area (Å²) in [6.07, 6.45) is 0.116. The summed E-state index contributed by atoms with van der Waals surface area (Å²) in [6, 6.07) is 0. The Morgan fingerprint density at radius 2 is 2.36 bits per heavy atom. The Kier molecular flexibility index (Phi) is 4.06. The molecule has 14 heavy (non-hydrogen) atoms. The van der Waals surface area contributed by atoms with Gasteiger partial charge >= 0.3 is 5.97 Å². The third-order valence-electron chi connectivity index (χ3n) is 1.47. The maximum atomic E-state index is 11.0. The number of ether oxygens (including phenoxy) is 2. The second-order valence-electron chi connectivity index (χ2n) is 2.61. The van der Waals surface area contributed by atoms with Crippen LogP contribution in [-0.4, -0.2) is 34.9 Å². The smallest absolute Gasteiger partial charge is 0.313 e. The summed E-state index contributed by atoms with van der Waals surface area (Å²) < 4.78 is 9.59. The summed E-state index contributed by atoms with van der Waals surface area (Å²) in [5.41, 5.74) is 0. The zero-order valence-corrected chi connectivity index (χ0v) is 8.24. The van der Waals surface area contributed by atoms with Crippen LogP contribution in [0.1, 0.15) is 18.6 Å². The second kappa shape index (κ2) is 5.33. The van der Waals surface area contributed by atoms with Gasteiger partial charge in [-0.1, -0.05) is 0 Å². The molecule has 1 aromatic heterocycles. The van der Waals surface area contributed by atoms with E-state index < -0.39 is 0 Å². The van der Waals surface area contributed by atoms with E-state index >= 15 is 0 Å². The first kappa shape index (κ1) is 10.6. The van der Waals surface area contributed by atoms with Gasteiger partial charge in [-0.3, -0.25) is 9.89 Å². The van der Waals surface area contributed by atoms with Crippen LogP contribution in [0.25, 0.3) is 0 Å². The molecule has 1 heterocycles. The van der Waals surface area contributed by atoms with E-state index in [9.17, 15) is 4.79 Å². The first-order chi connectivity index (χ1) is 6.76. The lowest BCUT2D eigenvalue weighted by molar-refractivity contribution is -0.142. The standard InChI is InChI=1S/C8H13N3O3/c1-3-14-8(12)4-6-9-7(5-13-2)11-10-6/h3-5H2,1-2H3,(H,9,10,11). The fourth-order valence-corrected chi connectivity index (χ4v) is 0.956. The van der Waals surface area contributed by atoms with Gasteiger partial charge < -0.3 is 9.47 Å². The Morgan fingerprint density at radius 3 is 3.00 bits per heavy atom. The van der Waals surface area contributed by atoms with Gasteiger partial charge in [0, 0.05) is 7.11 Å². The largest absolute Gasteiger partial charge is 0.466 e. The third-order valence-corrected chi connectivity index (χ3v) is 1.47. The lowest BCUT2D eigenvalue weighted by Gasteiger charge is -1.97. The van der Waals surface area contributed by atoms with Crippen LogP contribution in [0.5, 0.6) is 0 Å². The van der Waals surface area contributed by atoms with E-state index in [1.165, 1.54) is 0 Å². The molecular formula is C8H13N3O3. The molecule has 6 heteroatoms. The summed E-state index contributed by atoms with van der Waals surface area (Å²) in [6.45, 7) is 2.46. The average Bonchev–Trinajstić information content (AvgIpc) is 2.53. The molecular weight excluding hydrogens is 186 g/mol. The van der Waals surface area contributed by atoms with Crippen molar-refractivity contribution in [1.29, 1.82) is 0 Å². The maximum absolute atomic E-state index is 11.0. The van der Waals surface area contributed by atoms with Gasteiger partial charge in [0.25, 0.3) is 0 Å². The van der Waals surface area contributed by atoms with E-state index in [4.69, 9.17) is 9.47 Å². The van der Waals surface area contributed by atoms with Gasteiger partial charge in [0.2, 0.25) is 0 Å². The topological polar surface area (TPSA) is 77.1 Å². The number of carbonyl (C=O) groups is 1. The molecule has 0 atom stereocenters. The first-order valence-corrected chi connectivity index (χ1v) is 4.31. The van der Waals surface area contributed by atoms with Crippen LogP contribution in [0.15, 0.2) is 0 Å². The molecule has 0 amide bonds. The summed E-state index contributed by atoms with van der Waals surface area (Å²) >= 11 is 0. The molecule has 0 aliphatic rings. The van der Waals surface area contributed by atoms with Gasteiger partial charge in [0.1, 0.15) is 18.9 Å². The third kappa shape index (κ3) is 3.14. The molecule has 0 aliphatic heterocycles. The number of H-pyrrole nitrogens is 1. The van der Waals surface area contributed by atoms with Crippen LogP contribution in [0.4, 0.5) is 0 Å². The summed E-state index contributed by atoms with van der Waals surface area (Å²) in [4.78, 5) is 15.1. The fraction of sp³-hybridized carbons (Fsp3) is 0.625. The Balaban J connectivity index is 2.46. The zero-order valence-electron chi connectivity index (χ0n) is 8.24. The Hall–Kier alpha value is -1.43. The Labute approximate surface area is 81.6 Å². The number of carbonyl (C=O) groups excluding carboxylic acids is 1. The number of aromatic amines is 1. The molecule has 0 saturated heterocycles. The summed E-state index contributed by atoms with van der Waals surface area (Å²) in [5, 5.41) is 6.49. The number of aromatic nitrogens is 3. The minimum Gasteiger partial charge on any atom is -0.466 e. The van der Waals surface area contributed by atoms with E-state index in [1.54, 1.807) is 14.0 Å². The van der Waals surface area contributed by atoms with Crippen molar-refractivity contribution in [2.75, 3.05) is 13.7 Å². The molecule has 0 fully saturated rings. The fourth-order valence-electron chi connectivity index (χ4n) is 0.956. The highest BCUT2D eigenvalue weighted by atomic mass is 16.5. The molecule has 0 radical (unpaired) electrons. The SMILES string of the molecule is CCOC(=O)Cc1nc(COC)n[nH]1. The molecule has 6 nitrogen and oxygen atoms in total. The quantitative estimate of drug-likeness (QED) is 0.678. The van der Waals surface area contributed by atoms with Gasteiger partial charge in [-0.05, 0) is 6.92 Å². The number of methoxy groups -OCH3 is 1. The molecule has 78 valence electrons. The van der Waals surface area contributed by atoms with Crippen LogP contribution >= 0.6 is 0 Å². The predicted molar refractivity (Wildman–Crippen MR) is 47.4 cm³/mol. The number of hydrogen-bond donors (Lipinski definition) is 1. The summed E-state index contributed by atoms with van der Waals surface area (Å²) in [7, 11) is 1.56. The van der Waals surface area contributed by atoms with Crippen molar-refractivity contribution in [2.24, 2.45) is 0 Å². The molecule has 1 aromatic rings. The van der Waals surface area contributed by atoms with Gasteiger partial charge in [-0.2, -0.15) is 5.10 Å². The van der Waals surface area contributed by atoms with E-state index in [0.29, 0.717) is 24.9 Å². The number of hydrogen-bond acceptors (Lipinski definition) is 5. The van der Waals surface area contributed by atoms with E-state index in [-0.39, 0.29) is 12.4 Å². The second-order valence-corrected chi connectivity index (χ2v) is 2.61. The van der Waals surface area contributed by atoms with Gasteiger partial charge in [-0.25, -0.2) is 4.98 Å². The van der Waals surface area contributed by atoms with Gasteiger partial charge in [0.15, 0.2) is 5.82 Å². The lowest BCUT2D eigenvalue weighted by atomic mass is 10.4. The van der Waals surface area contributed by atoms with Crippen molar-refractivity contribution in [3.63, 3.8) is 0 Å². The average molecular weight is 199 g/mol. The lowest BCUT2D eigenvalue weighted by Crippen LogP contribution is -2.08. The van der Waals surface area contributed by atoms with Crippen molar-refractivity contribution < 1.29 is 14.3 Å². The molecule has 1 N–H and O–H groups in total. The number of rotatable bonds is 5. The Bertz CT molecular complexity index is 298. The molecule has 0 saturated carbocycles. The predicted octanol–water partition coefficient (Wildman–Crippen LogP) is 0.0567. The molecule has 0 aliphatic carbocycles. The summed E-state index contributed by atoms with van der Waals surface area (Å²) in [5.74, 6) is 0.718. The van der Waals surface area contributed by atoms with Crippen molar-refractivity contribution in [2.45, 2.75) is 20.0 Å². The van der Waals surface area contributed by atoms with Crippen LogP contribution < -0.4 is 0 Å². The van der Waals surface area contributed by atoms with Crippen LogP contribution in [0.2, 0.25) is 0 Å². The van der Waals surface area contributed by atoms with Gasteiger partial charge in [0.05, 0.1) is 6.61 Å². The highest BCUT2D eigenvalue weighted by Gasteiger charge is 2.08.